The minimum atomic E-state index is -0.984. The van der Waals surface area contributed by atoms with Crippen LogP contribution in [0.2, 0.25) is 0 Å². The molecule has 6 heteroatoms. The molecule has 1 aromatic carbocycles. The molecule has 0 saturated heterocycles. The third-order valence-corrected chi connectivity index (χ3v) is 4.13. The monoisotopic (exact) mass is 318 g/mol. The molecule has 0 aliphatic carbocycles. The molecule has 0 fully saturated rings. The quantitative estimate of drug-likeness (QED) is 0.854. The average molecular weight is 318 g/mol. The highest BCUT2D eigenvalue weighted by molar-refractivity contribution is 7.16. The van der Waals surface area contributed by atoms with Crippen molar-refractivity contribution < 1.29 is 14.7 Å². The molecule has 1 heterocycles. The maximum absolute atomic E-state index is 11.6. The Bertz CT molecular complexity index is 677. The van der Waals surface area contributed by atoms with Gasteiger partial charge in [-0.15, -0.1) is 11.3 Å². The van der Waals surface area contributed by atoms with E-state index in [2.05, 4.69) is 29.4 Å². The number of carboxylic acids is 1. The van der Waals surface area contributed by atoms with E-state index in [0.29, 0.717) is 5.13 Å². The van der Waals surface area contributed by atoms with E-state index in [1.807, 2.05) is 19.1 Å². The van der Waals surface area contributed by atoms with Crippen molar-refractivity contribution in [3.8, 4) is 11.3 Å². The normalized spacial score (nSPS) is 10.5. The number of amides is 1. The molecule has 1 amide bonds. The molecule has 0 bridgehead atoms. The Morgan fingerprint density at radius 3 is 2.50 bits per heavy atom. The van der Waals surface area contributed by atoms with E-state index in [0.717, 1.165) is 22.6 Å². The predicted molar refractivity (Wildman–Crippen MR) is 87.2 cm³/mol. The number of hydrogen-bond donors (Lipinski definition) is 2. The number of carbonyl (C=O) groups excluding carboxylic acids is 1. The van der Waals surface area contributed by atoms with E-state index < -0.39 is 5.97 Å². The first-order chi connectivity index (χ1) is 10.5. The fraction of sp³-hybridized carbons (Fsp3) is 0.312. The van der Waals surface area contributed by atoms with Gasteiger partial charge in [0.2, 0.25) is 5.91 Å². The molecule has 116 valence electrons. The van der Waals surface area contributed by atoms with Crippen LogP contribution in [0, 0.1) is 6.92 Å². The number of carboxylic acid groups (broad SMARTS) is 1. The zero-order valence-electron chi connectivity index (χ0n) is 12.5. The SMILES string of the molecule is CCc1ccc(-c2nc(NC(=O)CCC(=O)O)sc2C)cc1. The number of carbonyl (C=O) groups is 2. The first-order valence-corrected chi connectivity index (χ1v) is 7.89. The van der Waals surface area contributed by atoms with Gasteiger partial charge in [-0.1, -0.05) is 31.2 Å². The minimum Gasteiger partial charge on any atom is -0.481 e. The second kappa shape index (κ2) is 7.17. The molecule has 0 radical (unpaired) electrons. The minimum absolute atomic E-state index is 0.0471. The lowest BCUT2D eigenvalue weighted by molar-refractivity contribution is -0.138. The second-order valence-electron chi connectivity index (χ2n) is 4.92. The van der Waals surface area contributed by atoms with Crippen LogP contribution in [0.25, 0.3) is 11.3 Å². The molecule has 0 unspecified atom stereocenters. The smallest absolute Gasteiger partial charge is 0.303 e. The summed E-state index contributed by atoms with van der Waals surface area (Å²) >= 11 is 1.39. The summed E-state index contributed by atoms with van der Waals surface area (Å²) in [7, 11) is 0. The molecule has 2 N–H and O–H groups in total. The number of rotatable bonds is 6. The number of aliphatic carboxylic acids is 1. The Hall–Kier alpha value is -2.21. The lowest BCUT2D eigenvalue weighted by atomic mass is 10.1. The van der Waals surface area contributed by atoms with Gasteiger partial charge < -0.3 is 10.4 Å². The lowest BCUT2D eigenvalue weighted by Gasteiger charge is -2.01. The summed E-state index contributed by atoms with van der Waals surface area (Å²) in [6.45, 7) is 4.06. The summed E-state index contributed by atoms with van der Waals surface area (Å²) in [5, 5.41) is 11.7. The zero-order valence-corrected chi connectivity index (χ0v) is 13.4. The van der Waals surface area contributed by atoms with Crippen LogP contribution in [-0.4, -0.2) is 22.0 Å². The number of aryl methyl sites for hydroxylation is 2. The fourth-order valence-electron chi connectivity index (χ4n) is 2.02. The second-order valence-corrected chi connectivity index (χ2v) is 6.12. The fourth-order valence-corrected chi connectivity index (χ4v) is 2.87. The van der Waals surface area contributed by atoms with Crippen LogP contribution in [0.15, 0.2) is 24.3 Å². The topological polar surface area (TPSA) is 79.3 Å². The molecule has 0 saturated carbocycles. The van der Waals surface area contributed by atoms with Gasteiger partial charge in [-0.05, 0) is 18.9 Å². The molecule has 0 atom stereocenters. The van der Waals surface area contributed by atoms with Gasteiger partial charge >= 0.3 is 5.97 Å². The van der Waals surface area contributed by atoms with Gasteiger partial charge in [-0.25, -0.2) is 4.98 Å². The third-order valence-electron chi connectivity index (χ3n) is 3.24. The number of anilines is 1. The first kappa shape index (κ1) is 16.2. The van der Waals surface area contributed by atoms with Crippen molar-refractivity contribution >= 4 is 28.3 Å². The Morgan fingerprint density at radius 1 is 1.23 bits per heavy atom. The summed E-state index contributed by atoms with van der Waals surface area (Å²) in [5.74, 6) is -1.31. The number of benzene rings is 1. The molecular formula is C16H18N2O3S. The number of thiazole rings is 1. The van der Waals surface area contributed by atoms with Crippen molar-refractivity contribution in [1.82, 2.24) is 4.98 Å². The van der Waals surface area contributed by atoms with Crippen LogP contribution in [0.3, 0.4) is 0 Å². The maximum atomic E-state index is 11.6. The molecule has 5 nitrogen and oxygen atoms in total. The van der Waals surface area contributed by atoms with Crippen LogP contribution in [-0.2, 0) is 16.0 Å². The van der Waals surface area contributed by atoms with E-state index in [4.69, 9.17) is 5.11 Å². The lowest BCUT2D eigenvalue weighted by Crippen LogP contribution is -2.12. The molecule has 0 aliphatic rings. The molecular weight excluding hydrogens is 300 g/mol. The van der Waals surface area contributed by atoms with E-state index in [-0.39, 0.29) is 18.7 Å². The van der Waals surface area contributed by atoms with E-state index in [1.54, 1.807) is 0 Å². The van der Waals surface area contributed by atoms with Gasteiger partial charge in [0.25, 0.3) is 0 Å². The van der Waals surface area contributed by atoms with Crippen LogP contribution in [0.1, 0.15) is 30.2 Å². The first-order valence-electron chi connectivity index (χ1n) is 7.08. The molecule has 1 aromatic heterocycles. The van der Waals surface area contributed by atoms with Gasteiger partial charge in [0.1, 0.15) is 0 Å². The third kappa shape index (κ3) is 4.14. The van der Waals surface area contributed by atoms with Crippen LogP contribution in [0.4, 0.5) is 5.13 Å². The standard InChI is InChI=1S/C16H18N2O3S/c1-3-11-4-6-12(7-5-11)15-10(2)22-16(18-15)17-13(19)8-9-14(20)21/h4-7H,3,8-9H2,1-2H3,(H,20,21)(H,17,18,19). The number of nitrogens with one attached hydrogen (secondary N) is 1. The van der Waals surface area contributed by atoms with Crippen molar-refractivity contribution in [1.29, 1.82) is 0 Å². The van der Waals surface area contributed by atoms with Gasteiger partial charge in [0.05, 0.1) is 12.1 Å². The van der Waals surface area contributed by atoms with Crippen molar-refractivity contribution in [2.24, 2.45) is 0 Å². The van der Waals surface area contributed by atoms with E-state index >= 15 is 0 Å². The highest BCUT2D eigenvalue weighted by Crippen LogP contribution is 2.30. The van der Waals surface area contributed by atoms with E-state index in [1.165, 1.54) is 16.9 Å². The van der Waals surface area contributed by atoms with Crippen molar-refractivity contribution in [2.45, 2.75) is 33.1 Å². The predicted octanol–water partition coefficient (Wildman–Crippen LogP) is 3.48. The van der Waals surface area contributed by atoms with E-state index in [9.17, 15) is 9.59 Å². The zero-order chi connectivity index (χ0) is 16.1. The maximum Gasteiger partial charge on any atom is 0.303 e. The molecule has 2 aromatic rings. The van der Waals surface area contributed by atoms with Crippen LogP contribution in [0.5, 0.6) is 0 Å². The summed E-state index contributed by atoms with van der Waals surface area (Å²) in [4.78, 5) is 27.6. The van der Waals surface area contributed by atoms with Crippen molar-refractivity contribution in [2.75, 3.05) is 5.32 Å². The molecule has 0 aliphatic heterocycles. The largest absolute Gasteiger partial charge is 0.481 e. The Labute approximate surface area is 133 Å². The Balaban J connectivity index is 2.10. The summed E-state index contributed by atoms with van der Waals surface area (Å²) in [6.07, 6.45) is 0.761. The van der Waals surface area contributed by atoms with Crippen molar-refractivity contribution in [3.63, 3.8) is 0 Å². The van der Waals surface area contributed by atoms with Crippen LogP contribution >= 0.6 is 11.3 Å². The summed E-state index contributed by atoms with van der Waals surface area (Å²) in [6, 6.07) is 8.19. The number of hydrogen-bond acceptors (Lipinski definition) is 4. The number of nitrogens with zero attached hydrogens (tertiary/aromatic N) is 1. The summed E-state index contributed by atoms with van der Waals surface area (Å²) < 4.78 is 0. The van der Waals surface area contributed by atoms with Gasteiger partial charge in [-0.3, -0.25) is 9.59 Å². The number of aromatic nitrogens is 1. The Morgan fingerprint density at radius 2 is 1.91 bits per heavy atom. The summed E-state index contributed by atoms with van der Waals surface area (Å²) in [5.41, 5.74) is 3.12. The highest BCUT2D eigenvalue weighted by atomic mass is 32.1. The molecule has 0 spiro atoms. The van der Waals surface area contributed by atoms with Gasteiger partial charge in [0.15, 0.2) is 5.13 Å². The highest BCUT2D eigenvalue weighted by Gasteiger charge is 2.12. The average Bonchev–Trinajstić information content (AvgIpc) is 2.85. The van der Waals surface area contributed by atoms with Crippen molar-refractivity contribution in [3.05, 3.63) is 34.7 Å². The van der Waals surface area contributed by atoms with Gasteiger partial charge in [-0.2, -0.15) is 0 Å². The van der Waals surface area contributed by atoms with Crippen LogP contribution < -0.4 is 5.32 Å². The molecule has 2 rings (SSSR count). The molecule has 22 heavy (non-hydrogen) atoms. The Kier molecular flexibility index (Phi) is 5.27. The van der Waals surface area contributed by atoms with Gasteiger partial charge in [0, 0.05) is 16.9 Å².